The molecule has 0 radical (unpaired) electrons. The normalized spacial score (nSPS) is 14.4. The van der Waals surface area contributed by atoms with E-state index >= 15 is 0 Å². The highest BCUT2D eigenvalue weighted by atomic mass is 79.9. The minimum absolute atomic E-state index is 0.00603. The molecule has 3 amide bonds. The maximum atomic E-state index is 12.4. The summed E-state index contributed by atoms with van der Waals surface area (Å²) in [5.41, 5.74) is 1.73. The van der Waals surface area contributed by atoms with Gasteiger partial charge in [0.15, 0.2) is 5.75 Å². The Balaban J connectivity index is 1.79. The largest absolute Gasteiger partial charge is 0.486 e. The molecule has 158 valence electrons. The van der Waals surface area contributed by atoms with Gasteiger partial charge in [-0.3, -0.25) is 9.59 Å². The quantitative estimate of drug-likeness (QED) is 0.366. The third-order valence-corrected chi connectivity index (χ3v) is 5.19. The number of esters is 1. The number of carbonyl (C=O) groups is 3. The molecule has 1 heterocycles. The summed E-state index contributed by atoms with van der Waals surface area (Å²) in [6, 6.07) is 11.7. The zero-order valence-corrected chi connectivity index (χ0v) is 18.5. The summed E-state index contributed by atoms with van der Waals surface area (Å²) in [6.45, 7) is -0.348. The van der Waals surface area contributed by atoms with E-state index in [1.54, 1.807) is 30.3 Å². The van der Waals surface area contributed by atoms with E-state index < -0.39 is 24.5 Å². The Morgan fingerprint density at radius 1 is 1.32 bits per heavy atom. The molecular weight excluding hydrogens is 490 g/mol. The van der Waals surface area contributed by atoms with Gasteiger partial charge in [0.2, 0.25) is 0 Å². The SMILES string of the molecule is COC(=O)CN1C(=O)N/C(=C/c2cc(Cl)c(OCc3ccccc3C#N)c(Br)c2)C1=O. The van der Waals surface area contributed by atoms with Crippen molar-refractivity contribution in [3.8, 4) is 11.8 Å². The van der Waals surface area contributed by atoms with Crippen molar-refractivity contribution in [2.75, 3.05) is 13.7 Å². The molecule has 0 spiro atoms. The van der Waals surface area contributed by atoms with Crippen LogP contribution in [-0.2, 0) is 20.9 Å². The maximum absolute atomic E-state index is 12.4. The number of halogens is 2. The fourth-order valence-electron chi connectivity index (χ4n) is 2.78. The first-order chi connectivity index (χ1) is 14.8. The molecule has 10 heteroatoms. The Labute approximate surface area is 191 Å². The number of methoxy groups -OCH3 is 1. The third-order valence-electron chi connectivity index (χ3n) is 4.32. The first-order valence-corrected chi connectivity index (χ1v) is 10.0. The molecule has 1 aliphatic rings. The molecule has 8 nitrogen and oxygen atoms in total. The Bertz CT molecular complexity index is 1120. The van der Waals surface area contributed by atoms with E-state index in [0.29, 0.717) is 26.9 Å². The monoisotopic (exact) mass is 503 g/mol. The number of nitrogens with zero attached hydrogens (tertiary/aromatic N) is 2. The minimum atomic E-state index is -0.720. The van der Waals surface area contributed by atoms with Gasteiger partial charge < -0.3 is 14.8 Å². The molecule has 1 saturated heterocycles. The number of hydrogen-bond donors (Lipinski definition) is 1. The fraction of sp³-hybridized carbons (Fsp3) is 0.143. The number of benzene rings is 2. The second-order valence-corrected chi connectivity index (χ2v) is 7.59. The van der Waals surface area contributed by atoms with Crippen LogP contribution in [0.5, 0.6) is 5.75 Å². The zero-order chi connectivity index (χ0) is 22.5. The van der Waals surface area contributed by atoms with E-state index in [4.69, 9.17) is 16.3 Å². The molecule has 0 bridgehead atoms. The highest BCUT2D eigenvalue weighted by molar-refractivity contribution is 9.10. The van der Waals surface area contributed by atoms with Crippen LogP contribution in [0.4, 0.5) is 4.79 Å². The number of ether oxygens (including phenoxy) is 2. The van der Waals surface area contributed by atoms with Crippen molar-refractivity contribution in [1.29, 1.82) is 5.26 Å². The number of urea groups is 1. The van der Waals surface area contributed by atoms with E-state index in [0.717, 1.165) is 4.90 Å². The molecule has 0 aliphatic carbocycles. The van der Waals surface area contributed by atoms with Crippen LogP contribution in [0.1, 0.15) is 16.7 Å². The predicted octanol–water partition coefficient (Wildman–Crippen LogP) is 3.62. The van der Waals surface area contributed by atoms with Crippen LogP contribution in [0.2, 0.25) is 5.02 Å². The van der Waals surface area contributed by atoms with E-state index in [9.17, 15) is 19.6 Å². The maximum Gasteiger partial charge on any atom is 0.329 e. The van der Waals surface area contributed by atoms with E-state index in [2.05, 4.69) is 32.1 Å². The highest BCUT2D eigenvalue weighted by Crippen LogP contribution is 2.36. The molecular formula is C21H15BrClN3O5. The topological polar surface area (TPSA) is 109 Å². The standard InChI is InChI=1S/C21H15BrClN3O5/c1-30-18(27)10-26-20(28)17(25-21(26)29)8-12-6-15(22)19(16(23)7-12)31-11-14-5-3-2-4-13(14)9-24/h2-8H,10-11H2,1H3,(H,25,29)/b17-8+. The molecule has 2 aromatic rings. The molecule has 0 atom stereocenters. The van der Waals surface area contributed by atoms with Gasteiger partial charge in [0.25, 0.3) is 5.91 Å². The molecule has 1 N–H and O–H groups in total. The van der Waals surface area contributed by atoms with Crippen molar-refractivity contribution < 1.29 is 23.9 Å². The average molecular weight is 505 g/mol. The summed E-state index contributed by atoms with van der Waals surface area (Å²) in [7, 11) is 1.17. The van der Waals surface area contributed by atoms with Gasteiger partial charge in [-0.25, -0.2) is 9.69 Å². The van der Waals surface area contributed by atoms with E-state index in [1.807, 2.05) is 6.07 Å². The number of hydrogen-bond acceptors (Lipinski definition) is 6. The average Bonchev–Trinajstić information content (AvgIpc) is 3.00. The van der Waals surface area contributed by atoms with Crippen LogP contribution >= 0.6 is 27.5 Å². The smallest absolute Gasteiger partial charge is 0.329 e. The summed E-state index contributed by atoms with van der Waals surface area (Å²) < 4.78 is 10.8. The van der Waals surface area contributed by atoms with Crippen molar-refractivity contribution in [3.63, 3.8) is 0 Å². The molecule has 1 aliphatic heterocycles. The molecule has 31 heavy (non-hydrogen) atoms. The lowest BCUT2D eigenvalue weighted by Crippen LogP contribution is -2.36. The van der Waals surface area contributed by atoms with E-state index in [-0.39, 0.29) is 17.3 Å². The summed E-state index contributed by atoms with van der Waals surface area (Å²) in [5.74, 6) is -1.00. The minimum Gasteiger partial charge on any atom is -0.486 e. The number of carbonyl (C=O) groups excluding carboxylic acids is 3. The molecule has 2 aromatic carbocycles. The molecule has 3 rings (SSSR count). The van der Waals surface area contributed by atoms with Crippen LogP contribution in [-0.4, -0.2) is 36.5 Å². The second kappa shape index (κ2) is 9.64. The van der Waals surface area contributed by atoms with Gasteiger partial charge in [0.1, 0.15) is 18.8 Å². The first kappa shape index (κ1) is 22.3. The van der Waals surface area contributed by atoms with E-state index in [1.165, 1.54) is 13.2 Å². The van der Waals surface area contributed by atoms with Crippen molar-refractivity contribution >= 4 is 51.5 Å². The molecule has 1 fully saturated rings. The van der Waals surface area contributed by atoms with Gasteiger partial charge in [-0.15, -0.1) is 0 Å². The van der Waals surface area contributed by atoms with Gasteiger partial charge in [-0.1, -0.05) is 29.8 Å². The van der Waals surface area contributed by atoms with Crippen molar-refractivity contribution in [3.05, 3.63) is 68.3 Å². The van der Waals surface area contributed by atoms with Crippen molar-refractivity contribution in [1.82, 2.24) is 10.2 Å². The first-order valence-electron chi connectivity index (χ1n) is 8.85. The molecule has 0 aromatic heterocycles. The number of amides is 3. The lowest BCUT2D eigenvalue weighted by Gasteiger charge is -2.12. The second-order valence-electron chi connectivity index (χ2n) is 6.33. The summed E-state index contributed by atoms with van der Waals surface area (Å²) in [6.07, 6.45) is 1.43. The highest BCUT2D eigenvalue weighted by Gasteiger charge is 2.35. The number of nitrogens with one attached hydrogen (secondary N) is 1. The summed E-state index contributed by atoms with van der Waals surface area (Å²) in [5, 5.41) is 11.9. The number of nitriles is 1. The molecule has 0 saturated carbocycles. The van der Waals surface area contributed by atoms with Gasteiger partial charge in [0.05, 0.1) is 28.2 Å². The Morgan fingerprint density at radius 3 is 2.74 bits per heavy atom. The van der Waals surface area contributed by atoms with Crippen molar-refractivity contribution in [2.24, 2.45) is 0 Å². The van der Waals surface area contributed by atoms with Crippen LogP contribution < -0.4 is 10.1 Å². The van der Waals surface area contributed by atoms with Crippen LogP contribution in [0.25, 0.3) is 6.08 Å². The third kappa shape index (κ3) is 5.05. The Morgan fingerprint density at radius 2 is 2.06 bits per heavy atom. The van der Waals surface area contributed by atoms with Crippen LogP contribution in [0.15, 0.2) is 46.6 Å². The lowest BCUT2D eigenvalue weighted by molar-refractivity contribution is -0.143. The van der Waals surface area contributed by atoms with Crippen molar-refractivity contribution in [2.45, 2.75) is 6.61 Å². The Kier molecular flexibility index (Phi) is 6.95. The van der Waals surface area contributed by atoms with Gasteiger partial charge in [0, 0.05) is 5.56 Å². The van der Waals surface area contributed by atoms with Gasteiger partial charge in [-0.05, 0) is 45.8 Å². The molecule has 0 unspecified atom stereocenters. The van der Waals surface area contributed by atoms with Crippen LogP contribution in [0.3, 0.4) is 0 Å². The van der Waals surface area contributed by atoms with Crippen LogP contribution in [0, 0.1) is 11.3 Å². The summed E-state index contributed by atoms with van der Waals surface area (Å²) in [4.78, 5) is 36.5. The Hall–Kier alpha value is -3.35. The lowest BCUT2D eigenvalue weighted by atomic mass is 10.1. The summed E-state index contributed by atoms with van der Waals surface area (Å²) >= 11 is 9.74. The fourth-order valence-corrected chi connectivity index (χ4v) is 3.77. The number of imide groups is 1. The zero-order valence-electron chi connectivity index (χ0n) is 16.1. The number of rotatable bonds is 6. The van der Waals surface area contributed by atoms with Gasteiger partial charge in [-0.2, -0.15) is 5.26 Å². The predicted molar refractivity (Wildman–Crippen MR) is 115 cm³/mol. The van der Waals surface area contributed by atoms with Gasteiger partial charge >= 0.3 is 12.0 Å².